The van der Waals surface area contributed by atoms with Gasteiger partial charge in [0.2, 0.25) is 0 Å². The van der Waals surface area contributed by atoms with Gasteiger partial charge in [-0.25, -0.2) is 4.39 Å². The fourth-order valence-electron chi connectivity index (χ4n) is 3.13. The minimum atomic E-state index is -0.304. The molecule has 2 unspecified atom stereocenters. The van der Waals surface area contributed by atoms with E-state index in [1.807, 2.05) is 13.0 Å². The number of Topliss-reactive ketones (excluding diaryl/α,β-unsaturated/α-hetero) is 1. The smallest absolute Gasteiger partial charge is 0.166 e. The molecule has 2 rings (SSSR count). The van der Waals surface area contributed by atoms with Gasteiger partial charge < -0.3 is 0 Å². The first-order valence-corrected chi connectivity index (χ1v) is 6.93. The summed E-state index contributed by atoms with van der Waals surface area (Å²) in [5.41, 5.74) is 1.38. The Morgan fingerprint density at radius 1 is 1.28 bits per heavy atom. The van der Waals surface area contributed by atoms with Gasteiger partial charge in [0, 0.05) is 11.5 Å². The SMILES string of the molecule is CCC1CCCCC1C(=O)c1cc(C)cc(F)c1. The van der Waals surface area contributed by atoms with Gasteiger partial charge in [0.25, 0.3) is 0 Å². The molecule has 0 bridgehead atoms. The molecule has 0 N–H and O–H groups in total. The van der Waals surface area contributed by atoms with Crippen LogP contribution in [0, 0.1) is 24.6 Å². The maximum absolute atomic E-state index is 13.4. The highest BCUT2D eigenvalue weighted by molar-refractivity contribution is 5.98. The van der Waals surface area contributed by atoms with E-state index >= 15 is 0 Å². The lowest BCUT2D eigenvalue weighted by Crippen LogP contribution is -2.27. The first-order valence-electron chi connectivity index (χ1n) is 6.93. The predicted molar refractivity (Wildman–Crippen MR) is 71.2 cm³/mol. The van der Waals surface area contributed by atoms with Crippen molar-refractivity contribution in [3.8, 4) is 0 Å². The second kappa shape index (κ2) is 5.64. The lowest BCUT2D eigenvalue weighted by molar-refractivity contribution is 0.0819. The van der Waals surface area contributed by atoms with Gasteiger partial charge in [-0.1, -0.05) is 26.2 Å². The molecule has 1 aliphatic carbocycles. The number of benzene rings is 1. The Balaban J connectivity index is 2.23. The van der Waals surface area contributed by atoms with Crippen LogP contribution in [0.1, 0.15) is 54.9 Å². The van der Waals surface area contributed by atoms with Crippen molar-refractivity contribution < 1.29 is 9.18 Å². The third-order valence-corrected chi connectivity index (χ3v) is 4.10. The standard InChI is InChI=1S/C16H21FO/c1-3-12-6-4-5-7-15(12)16(18)13-8-11(2)9-14(17)10-13/h8-10,12,15H,3-7H2,1-2H3. The largest absolute Gasteiger partial charge is 0.294 e. The lowest BCUT2D eigenvalue weighted by Gasteiger charge is -2.29. The molecule has 0 aliphatic heterocycles. The van der Waals surface area contributed by atoms with Gasteiger partial charge in [0.05, 0.1) is 0 Å². The number of ketones is 1. The average molecular weight is 248 g/mol. The topological polar surface area (TPSA) is 17.1 Å². The van der Waals surface area contributed by atoms with Crippen LogP contribution < -0.4 is 0 Å². The molecule has 1 aromatic rings. The first-order chi connectivity index (χ1) is 8.61. The summed E-state index contributed by atoms with van der Waals surface area (Å²) in [6.45, 7) is 3.98. The fourth-order valence-corrected chi connectivity index (χ4v) is 3.13. The normalized spacial score (nSPS) is 23.9. The average Bonchev–Trinajstić information content (AvgIpc) is 2.36. The van der Waals surface area contributed by atoms with Gasteiger partial charge in [-0.3, -0.25) is 4.79 Å². The highest BCUT2D eigenvalue weighted by atomic mass is 19.1. The van der Waals surface area contributed by atoms with Crippen molar-refractivity contribution in [2.75, 3.05) is 0 Å². The minimum absolute atomic E-state index is 0.102. The molecule has 0 spiro atoms. The van der Waals surface area contributed by atoms with Gasteiger partial charge in [0.1, 0.15) is 5.82 Å². The van der Waals surface area contributed by atoms with E-state index in [1.165, 1.54) is 18.6 Å². The summed E-state index contributed by atoms with van der Waals surface area (Å²) < 4.78 is 13.4. The molecule has 2 atom stereocenters. The Kier molecular flexibility index (Phi) is 4.15. The molecule has 0 heterocycles. The van der Waals surface area contributed by atoms with E-state index in [0.29, 0.717) is 11.5 Å². The van der Waals surface area contributed by atoms with Crippen molar-refractivity contribution in [1.82, 2.24) is 0 Å². The number of aryl methyl sites for hydroxylation is 1. The second-order valence-electron chi connectivity index (χ2n) is 5.44. The summed E-state index contributed by atoms with van der Waals surface area (Å²) in [6, 6.07) is 4.67. The third-order valence-electron chi connectivity index (χ3n) is 4.10. The molecule has 1 fully saturated rings. The monoisotopic (exact) mass is 248 g/mol. The van der Waals surface area contributed by atoms with Gasteiger partial charge in [-0.05, 0) is 49.4 Å². The van der Waals surface area contributed by atoms with Gasteiger partial charge >= 0.3 is 0 Å². The molecule has 0 saturated heterocycles. The molecule has 1 nitrogen and oxygen atoms in total. The molecule has 1 aromatic carbocycles. The van der Waals surface area contributed by atoms with Crippen molar-refractivity contribution in [1.29, 1.82) is 0 Å². The van der Waals surface area contributed by atoms with E-state index in [-0.39, 0.29) is 17.5 Å². The molecule has 98 valence electrons. The van der Waals surface area contributed by atoms with E-state index in [1.54, 1.807) is 0 Å². The summed E-state index contributed by atoms with van der Waals surface area (Å²) in [5, 5.41) is 0. The summed E-state index contributed by atoms with van der Waals surface area (Å²) in [7, 11) is 0. The zero-order valence-electron chi connectivity index (χ0n) is 11.2. The Hall–Kier alpha value is -1.18. The fraction of sp³-hybridized carbons (Fsp3) is 0.562. The van der Waals surface area contributed by atoms with Crippen LogP contribution >= 0.6 is 0 Å². The van der Waals surface area contributed by atoms with Crippen LogP contribution in [0.4, 0.5) is 4.39 Å². The quantitative estimate of drug-likeness (QED) is 0.718. The predicted octanol–water partition coefficient (Wildman–Crippen LogP) is 4.53. The van der Waals surface area contributed by atoms with Crippen LogP contribution in [0.15, 0.2) is 18.2 Å². The molecule has 0 radical (unpaired) electrons. The van der Waals surface area contributed by atoms with E-state index in [0.717, 1.165) is 31.2 Å². The second-order valence-corrected chi connectivity index (χ2v) is 5.44. The van der Waals surface area contributed by atoms with Crippen LogP contribution in [0.3, 0.4) is 0 Å². The Labute approximate surface area is 108 Å². The Morgan fingerprint density at radius 2 is 2.00 bits per heavy atom. The molecular formula is C16H21FO. The number of hydrogen-bond donors (Lipinski definition) is 0. The van der Waals surface area contributed by atoms with Crippen molar-refractivity contribution in [3.05, 3.63) is 35.1 Å². The van der Waals surface area contributed by atoms with Gasteiger partial charge in [0.15, 0.2) is 5.78 Å². The maximum Gasteiger partial charge on any atom is 0.166 e. The molecule has 18 heavy (non-hydrogen) atoms. The summed E-state index contributed by atoms with van der Waals surface area (Å²) in [4.78, 5) is 12.5. The van der Waals surface area contributed by atoms with Gasteiger partial charge in [-0.2, -0.15) is 0 Å². The van der Waals surface area contributed by atoms with Crippen LogP contribution in [0.5, 0.6) is 0 Å². The number of rotatable bonds is 3. The van der Waals surface area contributed by atoms with E-state index < -0.39 is 0 Å². The Morgan fingerprint density at radius 3 is 2.67 bits per heavy atom. The zero-order valence-corrected chi connectivity index (χ0v) is 11.2. The third kappa shape index (κ3) is 2.80. The summed E-state index contributed by atoms with van der Waals surface area (Å²) >= 11 is 0. The van der Waals surface area contributed by atoms with E-state index in [4.69, 9.17) is 0 Å². The van der Waals surface area contributed by atoms with Crippen molar-refractivity contribution >= 4 is 5.78 Å². The minimum Gasteiger partial charge on any atom is -0.294 e. The number of halogens is 1. The van der Waals surface area contributed by atoms with Crippen LogP contribution in [-0.2, 0) is 0 Å². The number of carbonyl (C=O) groups excluding carboxylic acids is 1. The molecular weight excluding hydrogens is 227 g/mol. The van der Waals surface area contributed by atoms with E-state index in [9.17, 15) is 9.18 Å². The Bertz CT molecular complexity index is 418. The highest BCUT2D eigenvalue weighted by Crippen LogP contribution is 2.34. The van der Waals surface area contributed by atoms with Crippen LogP contribution in [0.25, 0.3) is 0 Å². The number of hydrogen-bond acceptors (Lipinski definition) is 1. The molecule has 1 saturated carbocycles. The van der Waals surface area contributed by atoms with Crippen LogP contribution in [0.2, 0.25) is 0 Å². The lowest BCUT2D eigenvalue weighted by atomic mass is 9.74. The van der Waals surface area contributed by atoms with Crippen molar-refractivity contribution in [2.45, 2.75) is 46.0 Å². The highest BCUT2D eigenvalue weighted by Gasteiger charge is 2.30. The van der Waals surface area contributed by atoms with E-state index in [2.05, 4.69) is 6.92 Å². The van der Waals surface area contributed by atoms with Crippen LogP contribution in [-0.4, -0.2) is 5.78 Å². The number of carbonyl (C=O) groups is 1. The first kappa shape index (κ1) is 13.3. The van der Waals surface area contributed by atoms with Crippen molar-refractivity contribution in [3.63, 3.8) is 0 Å². The molecule has 0 amide bonds. The summed E-state index contributed by atoms with van der Waals surface area (Å²) in [6.07, 6.45) is 5.50. The van der Waals surface area contributed by atoms with Crippen molar-refractivity contribution in [2.24, 2.45) is 11.8 Å². The molecule has 1 aliphatic rings. The maximum atomic E-state index is 13.4. The van der Waals surface area contributed by atoms with Gasteiger partial charge in [-0.15, -0.1) is 0 Å². The molecule has 0 aromatic heterocycles. The molecule has 2 heteroatoms. The summed E-state index contributed by atoms with van der Waals surface area (Å²) in [5.74, 6) is 0.422. The zero-order chi connectivity index (χ0) is 13.1.